The number of carboxylic acid groups (broad SMARTS) is 1. The lowest BCUT2D eigenvalue weighted by atomic mass is 9.97. The van der Waals surface area contributed by atoms with Crippen LogP contribution in [0.15, 0.2) is 24.7 Å². The van der Waals surface area contributed by atoms with Gasteiger partial charge in [-0.2, -0.15) is 0 Å². The number of hydrogen-bond acceptors (Lipinski definition) is 4. The van der Waals surface area contributed by atoms with Crippen LogP contribution in [0.5, 0.6) is 0 Å². The maximum absolute atomic E-state index is 13.4. The fourth-order valence-electron chi connectivity index (χ4n) is 3.16. The molecule has 1 aliphatic heterocycles. The summed E-state index contributed by atoms with van der Waals surface area (Å²) in [5.74, 6) is -0.563. The monoisotopic (exact) mass is 334 g/mol. The van der Waals surface area contributed by atoms with Crippen molar-refractivity contribution in [1.82, 2.24) is 14.5 Å². The van der Waals surface area contributed by atoms with Crippen LogP contribution in [-0.4, -0.2) is 38.7 Å². The number of anilines is 1. The fraction of sp³-hybridized carbons (Fsp3) is 0.438. The van der Waals surface area contributed by atoms with E-state index in [2.05, 4.69) is 9.97 Å². The first-order valence-electron chi connectivity index (χ1n) is 7.74. The second-order valence-electron chi connectivity index (χ2n) is 6.61. The third kappa shape index (κ3) is 2.61. The van der Waals surface area contributed by atoms with Crippen molar-refractivity contribution in [3.63, 3.8) is 0 Å². The molecule has 24 heavy (non-hydrogen) atoms. The molecule has 2 aliphatic rings. The van der Waals surface area contributed by atoms with Crippen LogP contribution >= 0.6 is 0 Å². The average molecular weight is 334 g/mol. The molecule has 2 aromatic heterocycles. The Labute approximate surface area is 136 Å². The van der Waals surface area contributed by atoms with Gasteiger partial charge in [-0.05, 0) is 24.5 Å². The molecule has 1 aliphatic carbocycles. The lowest BCUT2D eigenvalue weighted by Gasteiger charge is -2.41. The number of halogens is 2. The molecule has 0 atom stereocenters. The molecule has 3 heterocycles. The van der Waals surface area contributed by atoms with Gasteiger partial charge in [0, 0.05) is 24.7 Å². The van der Waals surface area contributed by atoms with E-state index in [1.165, 1.54) is 29.9 Å². The van der Waals surface area contributed by atoms with Crippen molar-refractivity contribution < 1.29 is 18.7 Å². The van der Waals surface area contributed by atoms with Crippen molar-refractivity contribution in [3.8, 4) is 0 Å². The molecule has 126 valence electrons. The third-order valence-electron chi connectivity index (χ3n) is 4.74. The topological polar surface area (TPSA) is 71.2 Å². The molecule has 0 bridgehead atoms. The summed E-state index contributed by atoms with van der Waals surface area (Å²) in [6.07, 6.45) is 2.39. The Morgan fingerprint density at radius 2 is 2.08 bits per heavy atom. The maximum atomic E-state index is 13.4. The number of aromatic nitrogens is 3. The minimum absolute atomic E-state index is 0.108. The lowest BCUT2D eigenvalue weighted by molar-refractivity contribution is 0.0691. The lowest BCUT2D eigenvalue weighted by Crippen LogP contribution is -2.49. The summed E-state index contributed by atoms with van der Waals surface area (Å²) in [7, 11) is 0. The van der Waals surface area contributed by atoms with Crippen LogP contribution in [-0.2, 0) is 6.54 Å². The molecule has 0 aromatic carbocycles. The Morgan fingerprint density at radius 1 is 1.33 bits per heavy atom. The van der Waals surface area contributed by atoms with Crippen LogP contribution in [0.3, 0.4) is 0 Å². The van der Waals surface area contributed by atoms with Crippen molar-refractivity contribution in [3.05, 3.63) is 41.6 Å². The minimum Gasteiger partial charge on any atom is -0.476 e. The average Bonchev–Trinajstić information content (AvgIpc) is 3.18. The van der Waals surface area contributed by atoms with Crippen LogP contribution in [0.4, 0.5) is 14.6 Å². The highest BCUT2D eigenvalue weighted by Crippen LogP contribution is 2.53. The summed E-state index contributed by atoms with van der Waals surface area (Å²) in [5.41, 5.74) is 0.420. The second-order valence-corrected chi connectivity index (χ2v) is 6.61. The molecule has 1 N–H and O–H groups in total. The summed E-state index contributed by atoms with van der Waals surface area (Å²) < 4.78 is 28.3. The zero-order valence-electron chi connectivity index (χ0n) is 12.8. The molecule has 2 fully saturated rings. The van der Waals surface area contributed by atoms with Gasteiger partial charge in [0.05, 0.1) is 12.9 Å². The molecule has 0 unspecified atom stereocenters. The van der Waals surface area contributed by atoms with E-state index in [1.54, 1.807) is 12.1 Å². The molecule has 8 heteroatoms. The van der Waals surface area contributed by atoms with Crippen molar-refractivity contribution in [1.29, 1.82) is 0 Å². The summed E-state index contributed by atoms with van der Waals surface area (Å²) in [6, 6.07) is 3.40. The van der Waals surface area contributed by atoms with Gasteiger partial charge in [0.2, 0.25) is 0 Å². The van der Waals surface area contributed by atoms with Crippen molar-refractivity contribution in [2.24, 2.45) is 5.41 Å². The second kappa shape index (κ2) is 5.25. The Balaban J connectivity index is 1.56. The zero-order chi connectivity index (χ0) is 16.9. The Kier molecular flexibility index (Phi) is 3.29. The zero-order valence-corrected chi connectivity index (χ0v) is 12.8. The predicted octanol–water partition coefficient (Wildman–Crippen LogP) is 2.56. The number of hydrogen-bond donors (Lipinski definition) is 1. The van der Waals surface area contributed by atoms with E-state index >= 15 is 0 Å². The molecule has 0 amide bonds. The first-order valence-corrected chi connectivity index (χ1v) is 7.74. The standard InChI is InChI=1S/C16H16F2N4O2/c17-14(18)13-10(5-21-6-11(15(23)24)19-9-21)1-2-12(20-13)22-7-16(8-22)3-4-16/h1-2,6,9,14H,3-5,7-8H2,(H,23,24). The highest BCUT2D eigenvalue weighted by atomic mass is 19.3. The van der Waals surface area contributed by atoms with Gasteiger partial charge in [-0.1, -0.05) is 6.07 Å². The number of nitrogens with zero attached hydrogens (tertiary/aromatic N) is 4. The van der Waals surface area contributed by atoms with Crippen LogP contribution in [0, 0.1) is 5.41 Å². The number of alkyl halides is 2. The van der Waals surface area contributed by atoms with Crippen molar-refractivity contribution in [2.75, 3.05) is 18.0 Å². The van der Waals surface area contributed by atoms with Gasteiger partial charge < -0.3 is 14.6 Å². The van der Waals surface area contributed by atoms with Crippen molar-refractivity contribution in [2.45, 2.75) is 25.8 Å². The van der Waals surface area contributed by atoms with E-state index in [0.29, 0.717) is 16.8 Å². The van der Waals surface area contributed by atoms with Gasteiger partial charge in [-0.3, -0.25) is 0 Å². The van der Waals surface area contributed by atoms with Gasteiger partial charge >= 0.3 is 5.97 Å². The predicted molar refractivity (Wildman–Crippen MR) is 81.4 cm³/mol. The van der Waals surface area contributed by atoms with Crippen LogP contribution in [0.1, 0.15) is 41.0 Å². The Bertz CT molecular complexity index is 793. The van der Waals surface area contributed by atoms with Crippen LogP contribution in [0.2, 0.25) is 0 Å². The molecule has 1 saturated carbocycles. The van der Waals surface area contributed by atoms with E-state index in [9.17, 15) is 13.6 Å². The van der Waals surface area contributed by atoms with Crippen molar-refractivity contribution >= 4 is 11.8 Å². The van der Waals surface area contributed by atoms with Gasteiger partial charge in [0.25, 0.3) is 6.43 Å². The smallest absolute Gasteiger partial charge is 0.356 e. The largest absolute Gasteiger partial charge is 0.476 e. The highest BCUT2D eigenvalue weighted by Gasteiger charge is 2.52. The molecule has 2 aromatic rings. The summed E-state index contributed by atoms with van der Waals surface area (Å²) in [6.45, 7) is 1.90. The Morgan fingerprint density at radius 3 is 2.67 bits per heavy atom. The molecule has 4 rings (SSSR count). The number of imidazole rings is 1. The normalized spacial score (nSPS) is 18.0. The Hall–Kier alpha value is -2.51. The van der Waals surface area contributed by atoms with Crippen LogP contribution < -0.4 is 4.90 Å². The number of carbonyl (C=O) groups is 1. The molecule has 6 nitrogen and oxygen atoms in total. The van der Waals surface area contributed by atoms with Gasteiger partial charge in [0.15, 0.2) is 5.69 Å². The molecule has 1 saturated heterocycles. The third-order valence-corrected chi connectivity index (χ3v) is 4.74. The van der Waals surface area contributed by atoms with E-state index < -0.39 is 12.4 Å². The minimum atomic E-state index is -2.68. The molecule has 0 radical (unpaired) electrons. The van der Waals surface area contributed by atoms with E-state index in [0.717, 1.165) is 13.1 Å². The van der Waals surface area contributed by atoms with E-state index in [4.69, 9.17) is 5.11 Å². The SMILES string of the molecule is O=C(O)c1cn(Cc2ccc(N3CC4(CC4)C3)nc2C(F)F)cn1. The number of pyridine rings is 1. The van der Waals surface area contributed by atoms with Gasteiger partial charge in [-0.15, -0.1) is 0 Å². The van der Waals surface area contributed by atoms with Crippen LogP contribution in [0.25, 0.3) is 0 Å². The molecular formula is C16H16F2N4O2. The number of rotatable bonds is 5. The van der Waals surface area contributed by atoms with E-state index in [-0.39, 0.29) is 17.9 Å². The van der Waals surface area contributed by atoms with Gasteiger partial charge in [-0.25, -0.2) is 23.5 Å². The highest BCUT2D eigenvalue weighted by molar-refractivity contribution is 5.84. The summed E-state index contributed by atoms with van der Waals surface area (Å²) in [4.78, 5) is 20.8. The molecule has 1 spiro atoms. The maximum Gasteiger partial charge on any atom is 0.356 e. The molecular weight excluding hydrogens is 318 g/mol. The van der Waals surface area contributed by atoms with Gasteiger partial charge in [0.1, 0.15) is 11.5 Å². The number of carboxylic acids is 1. The first-order chi connectivity index (χ1) is 11.5. The number of aromatic carboxylic acids is 1. The fourth-order valence-corrected chi connectivity index (χ4v) is 3.16. The summed E-state index contributed by atoms with van der Waals surface area (Å²) >= 11 is 0. The van der Waals surface area contributed by atoms with E-state index in [1.807, 2.05) is 4.90 Å². The quantitative estimate of drug-likeness (QED) is 0.910. The first kappa shape index (κ1) is 15.0. The summed E-state index contributed by atoms with van der Waals surface area (Å²) in [5, 5.41) is 8.87.